The Kier molecular flexibility index (Phi) is 4.90. The second kappa shape index (κ2) is 7.35. The Morgan fingerprint density at radius 2 is 1.77 bits per heavy atom. The van der Waals surface area contributed by atoms with Crippen LogP contribution in [0.3, 0.4) is 0 Å². The first-order valence-corrected chi connectivity index (χ1v) is 12.6. The number of rotatable bonds is 5. The molecule has 160 valence electrons. The van der Waals surface area contributed by atoms with Crippen LogP contribution < -0.4 is 5.32 Å². The number of sulfonamides is 1. The number of carbonyl (C=O) groups is 1. The molecule has 6 nitrogen and oxygen atoms in total. The van der Waals surface area contributed by atoms with Crippen molar-refractivity contribution < 1.29 is 13.2 Å². The lowest BCUT2D eigenvalue weighted by atomic mass is 9.49. The van der Waals surface area contributed by atoms with Crippen molar-refractivity contribution in [2.45, 2.75) is 49.8 Å². The highest BCUT2D eigenvalue weighted by molar-refractivity contribution is 7.89. The van der Waals surface area contributed by atoms with Gasteiger partial charge in [-0.2, -0.15) is 9.57 Å². The van der Waals surface area contributed by atoms with E-state index in [9.17, 15) is 18.5 Å². The molecule has 0 spiro atoms. The molecule has 0 aromatic heterocycles. The van der Waals surface area contributed by atoms with Crippen LogP contribution in [0.2, 0.25) is 0 Å². The monoisotopic (exact) mass is 427 g/mol. The van der Waals surface area contributed by atoms with Crippen LogP contribution in [-0.4, -0.2) is 38.3 Å². The molecule has 1 aromatic rings. The third kappa shape index (κ3) is 3.34. The van der Waals surface area contributed by atoms with Gasteiger partial charge in [-0.05, 0) is 80.8 Å². The van der Waals surface area contributed by atoms with E-state index in [0.717, 1.165) is 43.4 Å². The van der Waals surface area contributed by atoms with Crippen LogP contribution >= 0.6 is 0 Å². The molecule has 1 N–H and O–H groups in total. The Bertz CT molecular complexity index is 962. The molecule has 1 unspecified atom stereocenters. The van der Waals surface area contributed by atoms with Gasteiger partial charge in [0.15, 0.2) is 0 Å². The van der Waals surface area contributed by atoms with Gasteiger partial charge in [0.05, 0.1) is 10.5 Å². The van der Waals surface area contributed by atoms with Crippen LogP contribution in [0.1, 0.15) is 50.5 Å². The first kappa shape index (κ1) is 20.0. The molecule has 5 aliphatic rings. The lowest BCUT2D eigenvalue weighted by molar-refractivity contribution is -0.146. The van der Waals surface area contributed by atoms with E-state index >= 15 is 0 Å². The summed E-state index contributed by atoms with van der Waals surface area (Å²) in [6, 6.07) is 8.32. The number of nitrogens with zero attached hydrogens (tertiary/aromatic N) is 2. The van der Waals surface area contributed by atoms with E-state index in [1.807, 2.05) is 6.07 Å². The summed E-state index contributed by atoms with van der Waals surface area (Å²) in [6.45, 7) is 1.36. The quantitative estimate of drug-likeness (QED) is 0.782. The van der Waals surface area contributed by atoms with Crippen molar-refractivity contribution >= 4 is 15.9 Å². The summed E-state index contributed by atoms with van der Waals surface area (Å²) >= 11 is 0. The molecule has 1 heterocycles. The van der Waals surface area contributed by atoms with Crippen molar-refractivity contribution in [2.24, 2.45) is 29.1 Å². The van der Waals surface area contributed by atoms with Gasteiger partial charge in [0.1, 0.15) is 6.07 Å². The minimum atomic E-state index is -3.69. The van der Waals surface area contributed by atoms with Crippen LogP contribution in [0, 0.1) is 40.4 Å². The molecule has 5 fully saturated rings. The zero-order valence-electron chi connectivity index (χ0n) is 17.2. The molecule has 4 bridgehead atoms. The molecule has 30 heavy (non-hydrogen) atoms. The van der Waals surface area contributed by atoms with Gasteiger partial charge < -0.3 is 5.32 Å². The SMILES string of the molecule is N#Cc1ccccc1S(=O)(=O)N1CCC(CNC(=O)C23CC4CC(CC(C4)C2)C3)C1. The fraction of sp³-hybridized carbons (Fsp3) is 0.652. The zero-order valence-corrected chi connectivity index (χ0v) is 18.0. The largest absolute Gasteiger partial charge is 0.355 e. The fourth-order valence-electron chi connectivity index (χ4n) is 6.92. The second-order valence-electron chi connectivity index (χ2n) is 10.0. The molecule has 7 heteroatoms. The molecule has 6 rings (SSSR count). The topological polar surface area (TPSA) is 90.3 Å². The number of benzene rings is 1. The van der Waals surface area contributed by atoms with Gasteiger partial charge in [0.2, 0.25) is 15.9 Å². The van der Waals surface area contributed by atoms with E-state index in [2.05, 4.69) is 5.32 Å². The number of amides is 1. The average Bonchev–Trinajstić information content (AvgIpc) is 3.21. The molecule has 4 aliphatic carbocycles. The maximum atomic E-state index is 13.2. The summed E-state index contributed by atoms with van der Waals surface area (Å²) in [7, 11) is -3.69. The van der Waals surface area contributed by atoms with E-state index in [1.54, 1.807) is 12.1 Å². The molecule has 1 amide bonds. The van der Waals surface area contributed by atoms with Crippen molar-refractivity contribution in [2.75, 3.05) is 19.6 Å². The van der Waals surface area contributed by atoms with Crippen molar-refractivity contribution in [3.8, 4) is 6.07 Å². The highest BCUT2D eigenvalue weighted by Gasteiger charge is 2.54. The summed E-state index contributed by atoms with van der Waals surface area (Å²) in [6.07, 6.45) is 7.79. The van der Waals surface area contributed by atoms with E-state index in [1.165, 1.54) is 35.7 Å². The van der Waals surface area contributed by atoms with Crippen molar-refractivity contribution in [3.63, 3.8) is 0 Å². The first-order chi connectivity index (χ1) is 14.4. The number of nitriles is 1. The van der Waals surface area contributed by atoms with E-state index in [0.29, 0.717) is 19.6 Å². The van der Waals surface area contributed by atoms with Crippen LogP contribution in [0.15, 0.2) is 29.2 Å². The molecule has 1 saturated heterocycles. The van der Waals surface area contributed by atoms with Crippen LogP contribution in [0.5, 0.6) is 0 Å². The third-order valence-electron chi connectivity index (χ3n) is 7.95. The zero-order chi connectivity index (χ0) is 20.9. The average molecular weight is 428 g/mol. The molecule has 0 radical (unpaired) electrons. The standard InChI is InChI=1S/C23H29N3O3S/c24-13-20-3-1-2-4-21(20)30(28,29)26-6-5-16(15-26)14-25-22(27)23-10-17-7-18(11-23)9-19(8-17)12-23/h1-4,16-19H,5-12,14-15H2,(H,25,27). The van der Waals surface area contributed by atoms with Crippen LogP contribution in [0.4, 0.5) is 0 Å². The maximum absolute atomic E-state index is 13.2. The highest BCUT2D eigenvalue weighted by atomic mass is 32.2. The maximum Gasteiger partial charge on any atom is 0.244 e. The molecule has 1 aromatic carbocycles. The summed E-state index contributed by atoms with van der Waals surface area (Å²) < 4.78 is 27.5. The summed E-state index contributed by atoms with van der Waals surface area (Å²) in [5.41, 5.74) is 0.0151. The Morgan fingerprint density at radius 1 is 1.13 bits per heavy atom. The van der Waals surface area contributed by atoms with Gasteiger partial charge in [-0.15, -0.1) is 0 Å². The number of carbonyl (C=O) groups excluding carboxylic acids is 1. The molecular formula is C23H29N3O3S. The number of hydrogen-bond acceptors (Lipinski definition) is 4. The van der Waals surface area contributed by atoms with Crippen LogP contribution in [0.25, 0.3) is 0 Å². The molecule has 1 atom stereocenters. The summed E-state index contributed by atoms with van der Waals surface area (Å²) in [4.78, 5) is 13.2. The van der Waals surface area contributed by atoms with Crippen molar-refractivity contribution in [3.05, 3.63) is 29.8 Å². The molecule has 4 saturated carbocycles. The third-order valence-corrected chi connectivity index (χ3v) is 9.87. The predicted octanol–water partition coefficient (Wildman–Crippen LogP) is 2.90. The van der Waals surface area contributed by atoms with Crippen molar-refractivity contribution in [1.29, 1.82) is 5.26 Å². The number of nitrogens with one attached hydrogen (secondary N) is 1. The lowest BCUT2D eigenvalue weighted by Gasteiger charge is -2.55. The summed E-state index contributed by atoms with van der Waals surface area (Å²) in [5, 5.41) is 12.5. The Balaban J connectivity index is 1.21. The Labute approximate surface area is 178 Å². The van der Waals surface area contributed by atoms with Gasteiger partial charge in [-0.3, -0.25) is 4.79 Å². The van der Waals surface area contributed by atoms with Crippen molar-refractivity contribution in [1.82, 2.24) is 9.62 Å². The lowest BCUT2D eigenvalue weighted by Crippen LogP contribution is -2.54. The van der Waals surface area contributed by atoms with E-state index < -0.39 is 10.0 Å². The van der Waals surface area contributed by atoms with Gasteiger partial charge in [-0.25, -0.2) is 8.42 Å². The fourth-order valence-corrected chi connectivity index (χ4v) is 8.59. The summed E-state index contributed by atoms with van der Waals surface area (Å²) in [5.74, 6) is 2.52. The van der Waals surface area contributed by atoms with Gasteiger partial charge in [0, 0.05) is 25.0 Å². The van der Waals surface area contributed by atoms with Gasteiger partial charge in [0.25, 0.3) is 0 Å². The number of hydrogen-bond donors (Lipinski definition) is 1. The predicted molar refractivity (Wildman–Crippen MR) is 112 cm³/mol. The highest BCUT2D eigenvalue weighted by Crippen LogP contribution is 2.60. The Morgan fingerprint density at radius 3 is 2.40 bits per heavy atom. The minimum absolute atomic E-state index is 0.0748. The normalized spacial score (nSPS) is 35.3. The first-order valence-electron chi connectivity index (χ1n) is 11.2. The minimum Gasteiger partial charge on any atom is -0.355 e. The van der Waals surface area contributed by atoms with E-state index in [4.69, 9.17) is 0 Å². The molecule has 1 aliphatic heterocycles. The molecular weight excluding hydrogens is 398 g/mol. The Hall–Kier alpha value is -1.91. The van der Waals surface area contributed by atoms with Gasteiger partial charge in [-0.1, -0.05) is 12.1 Å². The smallest absolute Gasteiger partial charge is 0.244 e. The van der Waals surface area contributed by atoms with Gasteiger partial charge >= 0.3 is 0 Å². The van der Waals surface area contributed by atoms with Crippen LogP contribution in [-0.2, 0) is 14.8 Å². The second-order valence-corrected chi connectivity index (χ2v) is 11.9. The van der Waals surface area contributed by atoms with E-state index in [-0.39, 0.29) is 27.7 Å².